The maximum absolute atomic E-state index is 12.5. The molecule has 1 atom stereocenters. The Kier molecular flexibility index (Phi) is 18.5. The molecule has 0 saturated carbocycles. The molecule has 0 aliphatic rings. The van der Waals surface area contributed by atoms with Crippen molar-refractivity contribution in [2.45, 2.75) is 33.2 Å². The van der Waals surface area contributed by atoms with Gasteiger partial charge in [0, 0.05) is 71.7 Å². The Morgan fingerprint density at radius 2 is 1.54 bits per heavy atom. The van der Waals surface area contributed by atoms with Crippen LogP contribution in [0.1, 0.15) is 27.2 Å². The van der Waals surface area contributed by atoms with Crippen molar-refractivity contribution < 1.29 is 18.1 Å². The van der Waals surface area contributed by atoms with Gasteiger partial charge in [-0.3, -0.25) is 5.09 Å². The van der Waals surface area contributed by atoms with Gasteiger partial charge in [0.15, 0.2) is 0 Å². The minimum Gasteiger partial charge on any atom is -0.374 e. The molecule has 168 valence electrons. The Hall–Kier alpha value is -0.323. The van der Waals surface area contributed by atoms with Gasteiger partial charge in [0.25, 0.3) is 0 Å². The zero-order valence-electron chi connectivity index (χ0n) is 18.1. The molecule has 1 unspecified atom stereocenters. The fourth-order valence-electron chi connectivity index (χ4n) is 2.68. The number of rotatable bonds is 19. The van der Waals surface area contributed by atoms with E-state index in [1.807, 2.05) is 32.7 Å². The lowest BCUT2D eigenvalue weighted by molar-refractivity contribution is 0.0708. The van der Waals surface area contributed by atoms with E-state index >= 15 is 0 Å². The van der Waals surface area contributed by atoms with Crippen LogP contribution < -0.4 is 21.0 Å². The molecule has 0 bridgehead atoms. The number of nitrogens with zero attached hydrogens (tertiary/aromatic N) is 1. The van der Waals surface area contributed by atoms with E-state index in [-0.39, 0.29) is 6.03 Å². The zero-order chi connectivity index (χ0) is 21.1. The first-order chi connectivity index (χ1) is 13.6. The number of amides is 2. The SMILES string of the molecule is CCO[Si](CCCNC(=O)N(CCNP)CCNCCNC)(OCC)OCC. The first-order valence-electron chi connectivity index (χ1n) is 10.3. The van der Waals surface area contributed by atoms with E-state index in [0.29, 0.717) is 45.5 Å². The van der Waals surface area contributed by atoms with E-state index in [0.717, 1.165) is 32.6 Å². The summed E-state index contributed by atoms with van der Waals surface area (Å²) in [5, 5.41) is 12.4. The smallest absolute Gasteiger partial charge is 0.374 e. The normalized spacial score (nSPS) is 11.6. The second-order valence-corrected chi connectivity index (χ2v) is 9.25. The topological polar surface area (TPSA) is 96.1 Å². The molecule has 0 radical (unpaired) electrons. The first-order valence-corrected chi connectivity index (χ1v) is 12.8. The predicted octanol–water partition coefficient (Wildman–Crippen LogP) is 0.625. The summed E-state index contributed by atoms with van der Waals surface area (Å²) in [4.78, 5) is 14.3. The Morgan fingerprint density at radius 1 is 0.929 bits per heavy atom. The van der Waals surface area contributed by atoms with E-state index < -0.39 is 8.80 Å². The van der Waals surface area contributed by atoms with Gasteiger partial charge in [-0.15, -0.1) is 0 Å². The van der Waals surface area contributed by atoms with Crippen LogP contribution in [-0.4, -0.2) is 92.4 Å². The van der Waals surface area contributed by atoms with Crippen LogP contribution in [0.15, 0.2) is 0 Å². The van der Waals surface area contributed by atoms with Crippen LogP contribution in [0, 0.1) is 0 Å². The lowest BCUT2D eigenvalue weighted by atomic mass is 10.4. The fraction of sp³-hybridized carbons (Fsp3) is 0.941. The quantitative estimate of drug-likeness (QED) is 0.133. The van der Waals surface area contributed by atoms with E-state index in [1.165, 1.54) is 0 Å². The van der Waals surface area contributed by atoms with Crippen molar-refractivity contribution >= 4 is 24.2 Å². The van der Waals surface area contributed by atoms with E-state index in [1.54, 1.807) is 0 Å². The van der Waals surface area contributed by atoms with Crippen LogP contribution in [0.4, 0.5) is 4.79 Å². The maximum Gasteiger partial charge on any atom is 0.500 e. The van der Waals surface area contributed by atoms with E-state index in [2.05, 4.69) is 30.4 Å². The largest absolute Gasteiger partial charge is 0.500 e. The molecule has 0 fully saturated rings. The standard InChI is InChI=1S/C17H42N5O4PSi/c1-5-24-28(25-6-2,26-7-3)16-8-9-20-17(23)22(15-13-21-27)14-12-19-11-10-18-4/h18-19,21H,5-16,27H2,1-4H3,(H,20,23). The van der Waals surface area contributed by atoms with Crippen LogP contribution in [0.3, 0.4) is 0 Å². The average Bonchev–Trinajstić information content (AvgIpc) is 2.68. The Balaban J connectivity index is 4.40. The van der Waals surface area contributed by atoms with Gasteiger partial charge in [0.2, 0.25) is 0 Å². The number of carbonyl (C=O) groups is 1. The molecule has 0 aliphatic carbocycles. The molecule has 0 aliphatic heterocycles. The summed E-state index contributed by atoms with van der Waals surface area (Å²) in [5.41, 5.74) is 0. The summed E-state index contributed by atoms with van der Waals surface area (Å²) in [6.07, 6.45) is 0.758. The highest BCUT2D eigenvalue weighted by Gasteiger charge is 2.39. The van der Waals surface area contributed by atoms with Gasteiger partial charge >= 0.3 is 14.8 Å². The van der Waals surface area contributed by atoms with Gasteiger partial charge in [0.1, 0.15) is 0 Å². The number of hydrogen-bond acceptors (Lipinski definition) is 7. The van der Waals surface area contributed by atoms with E-state index in [4.69, 9.17) is 13.3 Å². The van der Waals surface area contributed by atoms with Crippen molar-refractivity contribution in [2.75, 3.05) is 72.7 Å². The summed E-state index contributed by atoms with van der Waals surface area (Å²) >= 11 is 0. The summed E-state index contributed by atoms with van der Waals surface area (Å²) in [7, 11) is 1.75. The average molecular weight is 440 g/mol. The maximum atomic E-state index is 12.5. The van der Waals surface area contributed by atoms with Gasteiger partial charge in [-0.1, -0.05) is 9.39 Å². The molecule has 0 saturated heterocycles. The number of hydrogen-bond donors (Lipinski definition) is 4. The number of likely N-dealkylation sites (N-methyl/N-ethyl adjacent to an activating group) is 1. The summed E-state index contributed by atoms with van der Waals surface area (Å²) in [5.74, 6) is 0. The van der Waals surface area contributed by atoms with Crippen molar-refractivity contribution in [3.63, 3.8) is 0 Å². The Bertz CT molecular complexity index is 368. The minimum absolute atomic E-state index is 0.0489. The fourth-order valence-corrected chi connectivity index (χ4v) is 5.42. The van der Waals surface area contributed by atoms with Crippen molar-refractivity contribution in [1.29, 1.82) is 0 Å². The number of urea groups is 1. The molecule has 0 aromatic heterocycles. The minimum atomic E-state index is -2.64. The lowest BCUT2D eigenvalue weighted by Crippen LogP contribution is -2.48. The molecular formula is C17H42N5O4PSi. The third-order valence-electron chi connectivity index (χ3n) is 3.95. The highest BCUT2D eigenvalue weighted by Crippen LogP contribution is 2.17. The molecule has 2 amide bonds. The highest BCUT2D eigenvalue weighted by atomic mass is 31.0. The van der Waals surface area contributed by atoms with Gasteiger partial charge in [0.05, 0.1) is 0 Å². The van der Waals surface area contributed by atoms with Gasteiger partial charge in [-0.25, -0.2) is 4.79 Å². The van der Waals surface area contributed by atoms with E-state index in [9.17, 15) is 4.79 Å². The summed E-state index contributed by atoms with van der Waals surface area (Å²) in [6, 6.07) is 0.647. The molecular weight excluding hydrogens is 397 g/mol. The van der Waals surface area contributed by atoms with Gasteiger partial charge < -0.3 is 34.1 Å². The van der Waals surface area contributed by atoms with Crippen LogP contribution in [0.5, 0.6) is 0 Å². The summed E-state index contributed by atoms with van der Waals surface area (Å²) < 4.78 is 17.6. The molecule has 11 heteroatoms. The molecule has 0 aromatic rings. The Morgan fingerprint density at radius 3 is 2.07 bits per heavy atom. The third-order valence-corrected chi connectivity index (χ3v) is 7.39. The lowest BCUT2D eigenvalue weighted by Gasteiger charge is -2.28. The second kappa shape index (κ2) is 18.7. The van der Waals surface area contributed by atoms with Crippen molar-refractivity contribution in [3.8, 4) is 0 Å². The van der Waals surface area contributed by atoms with Crippen LogP contribution in [0.25, 0.3) is 0 Å². The predicted molar refractivity (Wildman–Crippen MR) is 120 cm³/mol. The molecule has 0 spiro atoms. The van der Waals surface area contributed by atoms with Crippen molar-refractivity contribution in [2.24, 2.45) is 0 Å². The zero-order valence-corrected chi connectivity index (χ0v) is 20.3. The Labute approximate surface area is 174 Å². The van der Waals surface area contributed by atoms with Crippen LogP contribution in [0.2, 0.25) is 6.04 Å². The number of nitrogens with one attached hydrogen (secondary N) is 4. The molecule has 28 heavy (non-hydrogen) atoms. The van der Waals surface area contributed by atoms with Crippen LogP contribution >= 0.6 is 9.39 Å². The third kappa shape index (κ3) is 13.0. The molecule has 0 aromatic carbocycles. The molecule has 9 nitrogen and oxygen atoms in total. The van der Waals surface area contributed by atoms with Crippen molar-refractivity contribution in [1.82, 2.24) is 25.9 Å². The molecule has 0 heterocycles. The first kappa shape index (κ1) is 27.7. The highest BCUT2D eigenvalue weighted by molar-refractivity contribution is 7.13. The molecule has 0 rings (SSSR count). The summed E-state index contributed by atoms with van der Waals surface area (Å²) in [6.45, 7) is 12.7. The second-order valence-electron chi connectivity index (χ2n) is 6.11. The monoisotopic (exact) mass is 439 g/mol. The molecule has 4 N–H and O–H groups in total. The van der Waals surface area contributed by atoms with Gasteiger partial charge in [-0.05, 0) is 34.2 Å². The van der Waals surface area contributed by atoms with Crippen LogP contribution in [-0.2, 0) is 13.3 Å². The van der Waals surface area contributed by atoms with Gasteiger partial charge in [-0.2, -0.15) is 0 Å². The van der Waals surface area contributed by atoms with Crippen molar-refractivity contribution in [3.05, 3.63) is 0 Å². The number of carbonyl (C=O) groups excluding carboxylic acids is 1.